The largest absolute Gasteiger partial charge is 0.480 e. The van der Waals surface area contributed by atoms with E-state index in [1.54, 1.807) is 6.92 Å². The van der Waals surface area contributed by atoms with Crippen molar-refractivity contribution in [2.45, 2.75) is 45.2 Å². The predicted octanol–water partition coefficient (Wildman–Crippen LogP) is 0.929. The summed E-state index contributed by atoms with van der Waals surface area (Å²) in [5.41, 5.74) is -1.33. The Balaban J connectivity index is 2.79. The molecule has 0 bridgehead atoms. The average Bonchev–Trinajstić information content (AvgIpc) is 3.18. The van der Waals surface area contributed by atoms with Gasteiger partial charge in [0.15, 0.2) is 0 Å². The summed E-state index contributed by atoms with van der Waals surface area (Å²) in [5, 5.41) is 9.16. The van der Waals surface area contributed by atoms with Gasteiger partial charge in [0.1, 0.15) is 12.1 Å². The second kappa shape index (κ2) is 6.11. The topological polar surface area (TPSA) is 87.2 Å². The average molecular weight is 286 g/mol. The lowest BCUT2D eigenvalue weighted by atomic mass is 10.0. The summed E-state index contributed by atoms with van der Waals surface area (Å²) < 4.78 is 4.85. The normalized spacial score (nSPS) is 14.6. The number of ether oxygens (including phenoxy) is 1. The Bertz CT molecular complexity index is 404. The van der Waals surface area contributed by atoms with Crippen LogP contribution in [0.1, 0.15) is 33.6 Å². The molecule has 1 aliphatic rings. The lowest BCUT2D eigenvalue weighted by molar-refractivity contribution is -0.147. The van der Waals surface area contributed by atoms with Crippen molar-refractivity contribution in [2.75, 3.05) is 20.2 Å². The van der Waals surface area contributed by atoms with Crippen LogP contribution in [0.3, 0.4) is 0 Å². The van der Waals surface area contributed by atoms with Crippen LogP contribution in [0.4, 0.5) is 4.79 Å². The maximum absolute atomic E-state index is 12.4. The second-order valence-electron chi connectivity index (χ2n) is 5.37. The number of nitrogens with zero attached hydrogens (tertiary/aromatic N) is 2. The van der Waals surface area contributed by atoms with Crippen LogP contribution in [0.15, 0.2) is 0 Å². The number of carboxylic acid groups (broad SMARTS) is 1. The van der Waals surface area contributed by atoms with E-state index < -0.39 is 23.5 Å². The number of amides is 2. The Morgan fingerprint density at radius 3 is 2.25 bits per heavy atom. The molecule has 0 heterocycles. The van der Waals surface area contributed by atoms with Gasteiger partial charge in [0.05, 0.1) is 6.61 Å². The van der Waals surface area contributed by atoms with Gasteiger partial charge in [-0.15, -0.1) is 0 Å². The maximum atomic E-state index is 12.4. The first-order valence-electron chi connectivity index (χ1n) is 6.65. The molecule has 0 aliphatic heterocycles. The van der Waals surface area contributed by atoms with E-state index in [-0.39, 0.29) is 19.2 Å². The zero-order valence-corrected chi connectivity index (χ0v) is 12.4. The van der Waals surface area contributed by atoms with Gasteiger partial charge in [-0.1, -0.05) is 0 Å². The van der Waals surface area contributed by atoms with E-state index >= 15 is 0 Å². The molecular weight excluding hydrogens is 264 g/mol. The summed E-state index contributed by atoms with van der Waals surface area (Å²) in [5.74, 6) is -1.57. The second-order valence-corrected chi connectivity index (χ2v) is 5.37. The molecule has 2 amide bonds. The van der Waals surface area contributed by atoms with E-state index in [4.69, 9.17) is 9.84 Å². The molecule has 0 aromatic heterocycles. The Kier molecular flexibility index (Phi) is 4.97. The Morgan fingerprint density at radius 2 is 1.85 bits per heavy atom. The van der Waals surface area contributed by atoms with E-state index in [0.29, 0.717) is 0 Å². The van der Waals surface area contributed by atoms with Crippen molar-refractivity contribution in [3.63, 3.8) is 0 Å². The fourth-order valence-electron chi connectivity index (χ4n) is 1.66. The highest BCUT2D eigenvalue weighted by Crippen LogP contribution is 2.29. The molecule has 7 heteroatoms. The van der Waals surface area contributed by atoms with Crippen LogP contribution in [-0.4, -0.2) is 64.7 Å². The van der Waals surface area contributed by atoms with Crippen LogP contribution in [0.25, 0.3) is 0 Å². The molecule has 1 N–H and O–H groups in total. The third-order valence-electron chi connectivity index (χ3n) is 3.49. The molecule has 1 aliphatic carbocycles. The van der Waals surface area contributed by atoms with Crippen molar-refractivity contribution in [3.05, 3.63) is 0 Å². The van der Waals surface area contributed by atoms with Crippen molar-refractivity contribution in [1.29, 1.82) is 0 Å². The summed E-state index contributed by atoms with van der Waals surface area (Å²) in [6.07, 6.45) is 1.65. The van der Waals surface area contributed by atoms with Gasteiger partial charge in [-0.05, 0) is 33.6 Å². The van der Waals surface area contributed by atoms with Gasteiger partial charge in [-0.2, -0.15) is 0 Å². The zero-order valence-electron chi connectivity index (χ0n) is 12.4. The molecule has 114 valence electrons. The van der Waals surface area contributed by atoms with Gasteiger partial charge in [0.2, 0.25) is 0 Å². The first-order valence-corrected chi connectivity index (χ1v) is 6.65. The number of hydrogen-bond acceptors (Lipinski definition) is 4. The molecule has 1 fully saturated rings. The Morgan fingerprint density at radius 1 is 1.30 bits per heavy atom. The number of aliphatic carboxylic acids is 1. The molecule has 0 aromatic rings. The molecule has 0 atom stereocenters. The molecule has 0 spiro atoms. The summed E-state index contributed by atoms with van der Waals surface area (Å²) in [7, 11) is 1.43. The number of likely N-dealkylation sites (N-methyl/N-ethyl adjacent to an activating group) is 1. The number of carboxylic acids is 1. The lowest BCUT2D eigenvalue weighted by Gasteiger charge is -2.35. The standard InChI is InChI=1S/C13H22N2O5/c1-5-20-10(16)8-15(9-6-7-9)12(19)14(4)13(2,3)11(17)18/h9H,5-8H2,1-4H3,(H,17,18). The molecule has 0 unspecified atom stereocenters. The molecule has 0 saturated heterocycles. The van der Waals surface area contributed by atoms with Crippen LogP contribution in [-0.2, 0) is 14.3 Å². The third-order valence-corrected chi connectivity index (χ3v) is 3.49. The maximum Gasteiger partial charge on any atom is 0.329 e. The van der Waals surface area contributed by atoms with Crippen LogP contribution in [0.5, 0.6) is 0 Å². The molecular formula is C13H22N2O5. The van der Waals surface area contributed by atoms with E-state index in [2.05, 4.69) is 0 Å². The first kappa shape index (κ1) is 16.3. The quantitative estimate of drug-likeness (QED) is 0.734. The molecule has 7 nitrogen and oxygen atoms in total. The fourth-order valence-corrected chi connectivity index (χ4v) is 1.66. The smallest absolute Gasteiger partial charge is 0.329 e. The highest BCUT2D eigenvalue weighted by molar-refractivity contribution is 5.87. The predicted molar refractivity (Wildman–Crippen MR) is 71.2 cm³/mol. The number of esters is 1. The van der Waals surface area contributed by atoms with Gasteiger partial charge in [-0.25, -0.2) is 9.59 Å². The van der Waals surface area contributed by atoms with Crippen molar-refractivity contribution in [2.24, 2.45) is 0 Å². The number of carbonyl (C=O) groups excluding carboxylic acids is 2. The first-order chi connectivity index (χ1) is 9.21. The number of hydrogen-bond donors (Lipinski definition) is 1. The van der Waals surface area contributed by atoms with Gasteiger partial charge in [-0.3, -0.25) is 4.79 Å². The summed E-state index contributed by atoms with van der Waals surface area (Å²) in [6, 6.07) is -0.466. The Hall–Kier alpha value is -1.79. The summed E-state index contributed by atoms with van der Waals surface area (Å²) >= 11 is 0. The number of carbonyl (C=O) groups is 3. The number of urea groups is 1. The summed E-state index contributed by atoms with van der Waals surface area (Å²) in [4.78, 5) is 37.7. The fraction of sp³-hybridized carbons (Fsp3) is 0.769. The minimum absolute atomic E-state index is 0.000971. The van der Waals surface area contributed by atoms with E-state index in [0.717, 1.165) is 17.7 Å². The molecule has 1 saturated carbocycles. The van der Waals surface area contributed by atoms with Crippen molar-refractivity contribution in [1.82, 2.24) is 9.80 Å². The Labute approximate surface area is 118 Å². The van der Waals surface area contributed by atoms with Gasteiger partial charge >= 0.3 is 18.0 Å². The molecule has 0 radical (unpaired) electrons. The van der Waals surface area contributed by atoms with Crippen molar-refractivity contribution < 1.29 is 24.2 Å². The highest BCUT2D eigenvalue weighted by Gasteiger charge is 2.42. The van der Waals surface area contributed by atoms with Crippen LogP contribution in [0.2, 0.25) is 0 Å². The summed E-state index contributed by atoms with van der Waals surface area (Å²) in [6.45, 7) is 4.70. The molecule has 20 heavy (non-hydrogen) atoms. The van der Waals surface area contributed by atoms with E-state index in [1.165, 1.54) is 25.8 Å². The SMILES string of the molecule is CCOC(=O)CN(C(=O)N(C)C(C)(C)C(=O)O)C1CC1. The third kappa shape index (κ3) is 3.61. The minimum atomic E-state index is -1.33. The highest BCUT2D eigenvalue weighted by atomic mass is 16.5. The molecule has 0 aromatic carbocycles. The van der Waals surface area contributed by atoms with Crippen molar-refractivity contribution >= 4 is 18.0 Å². The van der Waals surface area contributed by atoms with Gasteiger partial charge < -0.3 is 19.6 Å². The minimum Gasteiger partial charge on any atom is -0.480 e. The van der Waals surface area contributed by atoms with Crippen LogP contribution >= 0.6 is 0 Å². The lowest BCUT2D eigenvalue weighted by Crippen LogP contribution is -2.56. The van der Waals surface area contributed by atoms with Gasteiger partial charge in [0.25, 0.3) is 0 Å². The van der Waals surface area contributed by atoms with Crippen LogP contribution < -0.4 is 0 Å². The van der Waals surface area contributed by atoms with E-state index in [1.807, 2.05) is 0 Å². The number of rotatable bonds is 6. The monoisotopic (exact) mass is 286 g/mol. The van der Waals surface area contributed by atoms with Crippen LogP contribution in [0, 0.1) is 0 Å². The van der Waals surface area contributed by atoms with Crippen molar-refractivity contribution in [3.8, 4) is 0 Å². The zero-order chi connectivity index (χ0) is 15.5. The van der Waals surface area contributed by atoms with E-state index in [9.17, 15) is 14.4 Å². The van der Waals surface area contributed by atoms with Gasteiger partial charge in [0, 0.05) is 13.1 Å². The molecule has 1 rings (SSSR count).